The third-order valence-corrected chi connectivity index (χ3v) is 5.10. The first-order valence-corrected chi connectivity index (χ1v) is 8.97. The van der Waals surface area contributed by atoms with Gasteiger partial charge in [-0.1, -0.05) is 12.7 Å². The number of rotatable bonds is 5. The Morgan fingerprint density at radius 3 is 2.88 bits per heavy atom. The highest BCUT2D eigenvalue weighted by Crippen LogP contribution is 2.38. The van der Waals surface area contributed by atoms with Crippen molar-refractivity contribution < 1.29 is 4.79 Å². The summed E-state index contributed by atoms with van der Waals surface area (Å²) in [5, 5.41) is 1.14. The number of allylic oxidation sites excluding steroid dienone is 3. The lowest BCUT2D eigenvalue weighted by molar-refractivity contribution is -0.115. The molecule has 0 amide bonds. The number of nitrogens with zero attached hydrogens (tertiary/aromatic N) is 2. The Labute approximate surface area is 152 Å². The van der Waals surface area contributed by atoms with Crippen LogP contribution in [0.25, 0.3) is 27.7 Å². The number of carbonyl (C=O) groups is 1. The molecule has 130 valence electrons. The number of carbonyl (C=O) groups excluding carboxylic acids is 1. The van der Waals surface area contributed by atoms with Gasteiger partial charge in [0.25, 0.3) is 0 Å². The van der Waals surface area contributed by atoms with E-state index < -0.39 is 0 Å². The van der Waals surface area contributed by atoms with Gasteiger partial charge in [-0.2, -0.15) is 0 Å². The van der Waals surface area contributed by atoms with Gasteiger partial charge in [-0.05, 0) is 66.2 Å². The Balaban J connectivity index is 1.75. The van der Waals surface area contributed by atoms with Crippen LogP contribution in [0.2, 0.25) is 0 Å². The Kier molecular flexibility index (Phi) is 4.48. The van der Waals surface area contributed by atoms with Crippen molar-refractivity contribution in [1.82, 2.24) is 15.0 Å². The topological polar surface area (TPSA) is 58.6 Å². The van der Waals surface area contributed by atoms with Crippen molar-refractivity contribution in [1.29, 1.82) is 0 Å². The molecule has 3 aromatic heterocycles. The summed E-state index contributed by atoms with van der Waals surface area (Å²) in [6.45, 7) is 3.60. The van der Waals surface area contributed by atoms with Crippen LogP contribution in [0, 0.1) is 5.92 Å². The quantitative estimate of drug-likeness (QED) is 0.667. The first-order valence-electron chi connectivity index (χ1n) is 8.97. The van der Waals surface area contributed by atoms with Crippen molar-refractivity contribution in [3.63, 3.8) is 0 Å². The predicted molar refractivity (Wildman–Crippen MR) is 104 cm³/mol. The van der Waals surface area contributed by atoms with E-state index in [-0.39, 0.29) is 5.78 Å². The normalized spacial score (nSPS) is 17.1. The predicted octanol–water partition coefficient (Wildman–Crippen LogP) is 4.95. The number of nitrogens with one attached hydrogen (secondary N) is 1. The van der Waals surface area contributed by atoms with Gasteiger partial charge < -0.3 is 4.98 Å². The molecular weight excluding hydrogens is 322 g/mol. The second-order valence-corrected chi connectivity index (χ2v) is 6.77. The van der Waals surface area contributed by atoms with Crippen molar-refractivity contribution in [3.05, 3.63) is 67.3 Å². The number of aromatic amines is 1. The lowest BCUT2D eigenvalue weighted by Crippen LogP contribution is -2.11. The fourth-order valence-electron chi connectivity index (χ4n) is 3.83. The molecule has 1 unspecified atom stereocenters. The third-order valence-electron chi connectivity index (χ3n) is 5.10. The van der Waals surface area contributed by atoms with Gasteiger partial charge in [0, 0.05) is 42.2 Å². The number of aromatic nitrogens is 3. The first kappa shape index (κ1) is 16.5. The summed E-state index contributed by atoms with van der Waals surface area (Å²) in [7, 11) is 0. The van der Waals surface area contributed by atoms with E-state index in [2.05, 4.69) is 33.7 Å². The van der Waals surface area contributed by atoms with Gasteiger partial charge in [0.2, 0.25) is 0 Å². The van der Waals surface area contributed by atoms with Crippen molar-refractivity contribution >= 4 is 22.4 Å². The molecule has 0 aliphatic heterocycles. The summed E-state index contributed by atoms with van der Waals surface area (Å²) in [6, 6.07) is 6.12. The SMILES string of the molecule is C=CC(=O)CC1CCC=C(c2ccnc3[nH]cc(-c4ccncc4)c23)C1. The van der Waals surface area contributed by atoms with Gasteiger partial charge in [0.1, 0.15) is 5.65 Å². The van der Waals surface area contributed by atoms with Crippen molar-refractivity contribution in [2.75, 3.05) is 0 Å². The molecular formula is C22H21N3O. The van der Waals surface area contributed by atoms with Crippen LogP contribution in [0.4, 0.5) is 0 Å². The van der Waals surface area contributed by atoms with E-state index in [0.29, 0.717) is 12.3 Å². The smallest absolute Gasteiger partial charge is 0.155 e. The Morgan fingerprint density at radius 1 is 1.23 bits per heavy atom. The summed E-state index contributed by atoms with van der Waals surface area (Å²) in [5.41, 5.74) is 5.66. The maximum atomic E-state index is 11.8. The zero-order valence-electron chi connectivity index (χ0n) is 14.6. The summed E-state index contributed by atoms with van der Waals surface area (Å²) < 4.78 is 0. The van der Waals surface area contributed by atoms with E-state index >= 15 is 0 Å². The molecule has 4 nitrogen and oxygen atoms in total. The van der Waals surface area contributed by atoms with Gasteiger partial charge in [-0.3, -0.25) is 9.78 Å². The molecule has 4 rings (SSSR count). The number of H-pyrrole nitrogens is 1. The van der Waals surface area contributed by atoms with Crippen LogP contribution >= 0.6 is 0 Å². The molecule has 0 saturated heterocycles. The molecule has 1 N–H and O–H groups in total. The van der Waals surface area contributed by atoms with Gasteiger partial charge >= 0.3 is 0 Å². The van der Waals surface area contributed by atoms with Gasteiger partial charge in [-0.15, -0.1) is 0 Å². The summed E-state index contributed by atoms with van der Waals surface area (Å²) >= 11 is 0. The average molecular weight is 343 g/mol. The van der Waals surface area contributed by atoms with Crippen LogP contribution in [0.15, 0.2) is 61.7 Å². The van der Waals surface area contributed by atoms with E-state index in [1.54, 1.807) is 12.4 Å². The molecule has 0 radical (unpaired) electrons. The van der Waals surface area contributed by atoms with Crippen LogP contribution in [0.1, 0.15) is 31.2 Å². The first-order chi connectivity index (χ1) is 12.8. The Hall–Kier alpha value is -3.01. The van der Waals surface area contributed by atoms with E-state index in [0.717, 1.165) is 41.4 Å². The Bertz CT molecular complexity index is 985. The number of pyridine rings is 2. The highest BCUT2D eigenvalue weighted by molar-refractivity contribution is 6.01. The second kappa shape index (κ2) is 7.08. The Morgan fingerprint density at radius 2 is 2.08 bits per heavy atom. The lowest BCUT2D eigenvalue weighted by Gasteiger charge is -2.22. The summed E-state index contributed by atoms with van der Waals surface area (Å²) in [4.78, 5) is 23.7. The molecule has 4 heteroatoms. The number of ketones is 1. The second-order valence-electron chi connectivity index (χ2n) is 6.77. The molecule has 1 atom stereocenters. The molecule has 1 aliphatic carbocycles. The van der Waals surface area contributed by atoms with Crippen LogP contribution in [0.5, 0.6) is 0 Å². The van der Waals surface area contributed by atoms with Crippen LogP contribution in [-0.4, -0.2) is 20.7 Å². The van der Waals surface area contributed by atoms with Crippen molar-refractivity contribution in [2.45, 2.75) is 25.7 Å². The fraction of sp³-hybridized carbons (Fsp3) is 0.227. The minimum Gasteiger partial charge on any atom is -0.345 e. The number of fused-ring (bicyclic) bond motifs is 1. The number of hydrogen-bond donors (Lipinski definition) is 1. The minimum absolute atomic E-state index is 0.134. The van der Waals surface area contributed by atoms with E-state index in [4.69, 9.17) is 0 Å². The largest absolute Gasteiger partial charge is 0.345 e. The molecule has 0 spiro atoms. The van der Waals surface area contributed by atoms with E-state index in [1.165, 1.54) is 17.2 Å². The molecule has 0 aromatic carbocycles. The highest BCUT2D eigenvalue weighted by atomic mass is 16.1. The van der Waals surface area contributed by atoms with Crippen LogP contribution in [-0.2, 0) is 4.79 Å². The van der Waals surface area contributed by atoms with Crippen LogP contribution < -0.4 is 0 Å². The van der Waals surface area contributed by atoms with Crippen molar-refractivity contribution in [2.24, 2.45) is 5.92 Å². The molecule has 3 heterocycles. The zero-order chi connectivity index (χ0) is 17.9. The zero-order valence-corrected chi connectivity index (χ0v) is 14.6. The monoisotopic (exact) mass is 343 g/mol. The minimum atomic E-state index is 0.134. The number of hydrogen-bond acceptors (Lipinski definition) is 3. The van der Waals surface area contributed by atoms with E-state index in [9.17, 15) is 4.79 Å². The summed E-state index contributed by atoms with van der Waals surface area (Å²) in [6.07, 6.45) is 14.8. The van der Waals surface area contributed by atoms with E-state index in [1.807, 2.05) is 24.5 Å². The third kappa shape index (κ3) is 3.10. The molecule has 0 bridgehead atoms. The molecule has 26 heavy (non-hydrogen) atoms. The summed E-state index contributed by atoms with van der Waals surface area (Å²) in [5.74, 6) is 0.516. The highest BCUT2D eigenvalue weighted by Gasteiger charge is 2.21. The molecule has 0 saturated carbocycles. The molecule has 0 fully saturated rings. The standard InChI is InChI=1S/C22H21N3O/c1-2-18(26)13-15-4-3-5-17(12-15)19-8-11-24-22-21(19)20(14-25-22)16-6-9-23-10-7-16/h2,5-11,14-15H,1,3-4,12-13H2,(H,24,25). The maximum Gasteiger partial charge on any atom is 0.155 e. The fourth-order valence-corrected chi connectivity index (χ4v) is 3.83. The maximum absolute atomic E-state index is 11.8. The molecule has 3 aromatic rings. The average Bonchev–Trinajstić information content (AvgIpc) is 3.13. The van der Waals surface area contributed by atoms with Crippen LogP contribution in [0.3, 0.4) is 0 Å². The van der Waals surface area contributed by atoms with Gasteiger partial charge in [0.05, 0.1) is 0 Å². The lowest BCUT2D eigenvalue weighted by atomic mass is 9.82. The van der Waals surface area contributed by atoms with Gasteiger partial charge in [0.15, 0.2) is 5.78 Å². The molecule has 1 aliphatic rings. The van der Waals surface area contributed by atoms with Gasteiger partial charge in [-0.25, -0.2) is 4.98 Å². The van der Waals surface area contributed by atoms with Crippen molar-refractivity contribution in [3.8, 4) is 11.1 Å².